The Labute approximate surface area is 213 Å². The predicted molar refractivity (Wildman–Crippen MR) is 137 cm³/mol. The lowest BCUT2D eigenvalue weighted by molar-refractivity contribution is -0.122. The van der Waals surface area contributed by atoms with Crippen LogP contribution in [-0.4, -0.2) is 17.8 Å². The Bertz CT molecular complexity index is 1290. The zero-order chi connectivity index (χ0) is 24.2. The first-order chi connectivity index (χ1) is 16.4. The van der Waals surface area contributed by atoms with E-state index in [0.717, 1.165) is 31.4 Å². The van der Waals surface area contributed by atoms with E-state index < -0.39 is 17.8 Å². The first kappa shape index (κ1) is 23.9. The fourth-order valence-corrected chi connectivity index (χ4v) is 4.56. The minimum absolute atomic E-state index is 0.119. The van der Waals surface area contributed by atoms with Gasteiger partial charge in [-0.15, -0.1) is 0 Å². The Kier molecular flexibility index (Phi) is 7.29. The highest BCUT2D eigenvalue weighted by Gasteiger charge is 2.36. The molecule has 4 rings (SSSR count). The lowest BCUT2D eigenvalue weighted by Gasteiger charge is -2.26. The van der Waals surface area contributed by atoms with Crippen LogP contribution < -0.4 is 15.0 Å². The van der Waals surface area contributed by atoms with Crippen molar-refractivity contribution in [2.75, 3.05) is 4.90 Å². The normalized spacial score (nSPS) is 15.0. The number of barbiturate groups is 1. The number of anilines is 1. The highest BCUT2D eigenvalue weighted by molar-refractivity contribution is 9.11. The van der Waals surface area contributed by atoms with E-state index in [1.807, 2.05) is 37.3 Å². The summed E-state index contributed by atoms with van der Waals surface area (Å²) in [6, 6.07) is 19.2. The third kappa shape index (κ3) is 5.29. The van der Waals surface area contributed by atoms with Crippen LogP contribution in [0.1, 0.15) is 23.6 Å². The van der Waals surface area contributed by atoms with Gasteiger partial charge in [-0.3, -0.25) is 14.9 Å². The van der Waals surface area contributed by atoms with Crippen molar-refractivity contribution >= 4 is 61.5 Å². The monoisotopic (exact) mass is 582 g/mol. The van der Waals surface area contributed by atoms with E-state index >= 15 is 0 Å². The summed E-state index contributed by atoms with van der Waals surface area (Å²) in [5.41, 5.74) is 2.99. The molecule has 0 atom stereocenters. The Hall–Kier alpha value is -3.23. The fourth-order valence-electron chi connectivity index (χ4n) is 3.40. The topological polar surface area (TPSA) is 75.7 Å². The van der Waals surface area contributed by atoms with Crippen LogP contribution in [-0.2, 0) is 22.6 Å². The van der Waals surface area contributed by atoms with Crippen LogP contribution >= 0.6 is 31.9 Å². The quantitative estimate of drug-likeness (QED) is 0.284. The molecule has 0 saturated carbocycles. The molecular weight excluding hydrogens is 564 g/mol. The zero-order valence-electron chi connectivity index (χ0n) is 18.2. The van der Waals surface area contributed by atoms with Crippen LogP contribution in [0.4, 0.5) is 10.5 Å². The molecule has 1 heterocycles. The molecular formula is C26H20Br2N2O4. The standard InChI is InChI=1S/C26H20Br2N2O4/c1-2-16-3-9-20(10-4-16)30-25(32)22(24(31)29-26(30)33)13-17-5-11-21(12-6-17)34-15-18-7-8-19(27)14-23(18)28/h3-14H,2,15H2,1H3,(H,29,31,33)/b22-13+. The van der Waals surface area contributed by atoms with Crippen molar-refractivity contribution in [1.29, 1.82) is 0 Å². The molecule has 6 nitrogen and oxygen atoms in total. The SMILES string of the molecule is CCc1ccc(N2C(=O)NC(=O)/C(=C\c3ccc(OCc4ccc(Br)cc4Br)cc3)C2=O)cc1. The average Bonchev–Trinajstić information content (AvgIpc) is 2.82. The molecule has 4 amide bonds. The van der Waals surface area contributed by atoms with Gasteiger partial charge in [-0.25, -0.2) is 9.69 Å². The maximum Gasteiger partial charge on any atom is 0.335 e. The Balaban J connectivity index is 1.50. The number of imide groups is 2. The molecule has 8 heteroatoms. The molecule has 0 aromatic heterocycles. The number of hydrogen-bond donors (Lipinski definition) is 1. The van der Waals surface area contributed by atoms with Gasteiger partial charge in [-0.1, -0.05) is 69.1 Å². The van der Waals surface area contributed by atoms with Gasteiger partial charge in [0.25, 0.3) is 11.8 Å². The molecule has 0 unspecified atom stereocenters. The highest BCUT2D eigenvalue weighted by Crippen LogP contribution is 2.25. The van der Waals surface area contributed by atoms with Crippen LogP contribution in [0.2, 0.25) is 0 Å². The molecule has 0 bridgehead atoms. The van der Waals surface area contributed by atoms with Gasteiger partial charge in [-0.05, 0) is 60.0 Å². The van der Waals surface area contributed by atoms with E-state index in [-0.39, 0.29) is 5.57 Å². The number of benzene rings is 3. The summed E-state index contributed by atoms with van der Waals surface area (Å²) in [6.45, 7) is 2.40. The van der Waals surface area contributed by atoms with Gasteiger partial charge in [0, 0.05) is 14.5 Å². The number of rotatable bonds is 6. The number of aryl methyl sites for hydroxylation is 1. The van der Waals surface area contributed by atoms with Gasteiger partial charge in [-0.2, -0.15) is 0 Å². The van der Waals surface area contributed by atoms with E-state index in [9.17, 15) is 14.4 Å². The molecule has 0 aliphatic carbocycles. The van der Waals surface area contributed by atoms with Crippen LogP contribution in [0.5, 0.6) is 5.75 Å². The lowest BCUT2D eigenvalue weighted by atomic mass is 10.1. The number of carbonyl (C=O) groups is 3. The molecule has 172 valence electrons. The first-order valence-electron chi connectivity index (χ1n) is 10.5. The number of hydrogen-bond acceptors (Lipinski definition) is 4. The summed E-state index contributed by atoms with van der Waals surface area (Å²) in [6.07, 6.45) is 2.30. The van der Waals surface area contributed by atoms with E-state index in [2.05, 4.69) is 37.2 Å². The van der Waals surface area contributed by atoms with Crippen LogP contribution in [0.25, 0.3) is 6.08 Å². The second-order valence-electron chi connectivity index (χ2n) is 7.57. The van der Waals surface area contributed by atoms with E-state index in [1.165, 1.54) is 6.08 Å². The van der Waals surface area contributed by atoms with Crippen LogP contribution in [0.3, 0.4) is 0 Å². The molecule has 1 saturated heterocycles. The fraction of sp³-hybridized carbons (Fsp3) is 0.115. The van der Waals surface area contributed by atoms with Crippen molar-refractivity contribution in [2.24, 2.45) is 0 Å². The number of carbonyl (C=O) groups excluding carboxylic acids is 3. The number of nitrogens with zero attached hydrogens (tertiary/aromatic N) is 1. The van der Waals surface area contributed by atoms with Crippen molar-refractivity contribution in [3.63, 3.8) is 0 Å². The zero-order valence-corrected chi connectivity index (χ0v) is 21.4. The van der Waals surface area contributed by atoms with Crippen molar-refractivity contribution in [1.82, 2.24) is 5.32 Å². The van der Waals surface area contributed by atoms with E-state index in [4.69, 9.17) is 4.74 Å². The Morgan fingerprint density at radius 3 is 2.29 bits per heavy atom. The van der Waals surface area contributed by atoms with Crippen LogP contribution in [0.15, 0.2) is 81.2 Å². The van der Waals surface area contributed by atoms with Crippen molar-refractivity contribution < 1.29 is 19.1 Å². The van der Waals surface area contributed by atoms with Gasteiger partial charge in [0.15, 0.2) is 0 Å². The number of ether oxygens (including phenoxy) is 1. The van der Waals surface area contributed by atoms with Crippen molar-refractivity contribution in [2.45, 2.75) is 20.0 Å². The summed E-state index contributed by atoms with van der Waals surface area (Å²) >= 11 is 6.94. The first-order valence-corrected chi connectivity index (χ1v) is 12.1. The molecule has 3 aromatic rings. The van der Waals surface area contributed by atoms with Gasteiger partial charge in [0.1, 0.15) is 17.9 Å². The third-order valence-corrected chi connectivity index (χ3v) is 6.54. The summed E-state index contributed by atoms with van der Waals surface area (Å²) in [4.78, 5) is 38.8. The molecule has 1 fully saturated rings. The smallest absolute Gasteiger partial charge is 0.335 e. The van der Waals surface area contributed by atoms with Gasteiger partial charge >= 0.3 is 6.03 Å². The number of halogens is 2. The van der Waals surface area contributed by atoms with Crippen LogP contribution in [0, 0.1) is 0 Å². The van der Waals surface area contributed by atoms with E-state index in [0.29, 0.717) is 23.6 Å². The molecule has 1 N–H and O–H groups in total. The molecule has 3 aromatic carbocycles. The largest absolute Gasteiger partial charge is 0.489 e. The Morgan fingerprint density at radius 1 is 0.941 bits per heavy atom. The average molecular weight is 584 g/mol. The summed E-state index contributed by atoms with van der Waals surface area (Å²) in [5.74, 6) is -0.750. The molecule has 0 radical (unpaired) electrons. The van der Waals surface area contributed by atoms with Gasteiger partial charge in [0.05, 0.1) is 5.69 Å². The number of amides is 4. The maximum absolute atomic E-state index is 13.0. The highest BCUT2D eigenvalue weighted by atomic mass is 79.9. The predicted octanol–water partition coefficient (Wildman–Crippen LogP) is 6.02. The molecule has 34 heavy (non-hydrogen) atoms. The minimum Gasteiger partial charge on any atom is -0.489 e. The summed E-state index contributed by atoms with van der Waals surface area (Å²) in [5, 5.41) is 2.24. The summed E-state index contributed by atoms with van der Waals surface area (Å²) < 4.78 is 7.75. The van der Waals surface area contributed by atoms with Crippen molar-refractivity contribution in [3.8, 4) is 5.75 Å². The van der Waals surface area contributed by atoms with Gasteiger partial charge in [0.2, 0.25) is 0 Å². The minimum atomic E-state index is -0.765. The maximum atomic E-state index is 13.0. The second-order valence-corrected chi connectivity index (χ2v) is 9.34. The summed E-state index contributed by atoms with van der Waals surface area (Å²) in [7, 11) is 0. The van der Waals surface area contributed by atoms with Crippen molar-refractivity contribution in [3.05, 3.63) is 97.9 Å². The molecule has 1 aliphatic rings. The third-order valence-electron chi connectivity index (χ3n) is 5.31. The number of urea groups is 1. The molecule has 1 aliphatic heterocycles. The Morgan fingerprint density at radius 2 is 1.65 bits per heavy atom. The second kappa shape index (κ2) is 10.4. The van der Waals surface area contributed by atoms with Gasteiger partial charge < -0.3 is 4.74 Å². The number of nitrogens with one attached hydrogen (secondary N) is 1. The molecule has 0 spiro atoms. The lowest BCUT2D eigenvalue weighted by Crippen LogP contribution is -2.54. The van der Waals surface area contributed by atoms with E-state index in [1.54, 1.807) is 36.4 Å².